The molecule has 1 aliphatic heterocycles. The molecule has 0 fully saturated rings. The maximum atomic E-state index is 12.9. The van der Waals surface area contributed by atoms with Crippen LogP contribution in [0.3, 0.4) is 0 Å². The van der Waals surface area contributed by atoms with E-state index in [4.69, 9.17) is 0 Å². The van der Waals surface area contributed by atoms with Gasteiger partial charge in [0.05, 0.1) is 10.6 Å². The number of nitrogens with zero attached hydrogens (tertiary/aromatic N) is 3. The van der Waals surface area contributed by atoms with Crippen LogP contribution in [-0.4, -0.2) is 48.1 Å². The van der Waals surface area contributed by atoms with Gasteiger partial charge in [0.15, 0.2) is 5.13 Å². The Balaban J connectivity index is 1.45. The van der Waals surface area contributed by atoms with Crippen LogP contribution in [0.25, 0.3) is 0 Å². The van der Waals surface area contributed by atoms with Gasteiger partial charge in [-0.15, -0.1) is 11.3 Å². The third kappa shape index (κ3) is 5.33. The zero-order chi connectivity index (χ0) is 23.6. The minimum Gasteiger partial charge on any atom is -0.298 e. The van der Waals surface area contributed by atoms with Gasteiger partial charge in [0, 0.05) is 49.6 Å². The first-order valence-electron chi connectivity index (χ1n) is 10.9. The van der Waals surface area contributed by atoms with Gasteiger partial charge in [0.25, 0.3) is 5.91 Å². The normalized spacial score (nSPS) is 14.5. The summed E-state index contributed by atoms with van der Waals surface area (Å²) in [5.74, 6) is -0.369. The molecule has 3 aromatic rings. The Kier molecular flexibility index (Phi) is 6.94. The summed E-state index contributed by atoms with van der Waals surface area (Å²) < 4.78 is 26.9. The maximum Gasteiger partial charge on any atom is 0.257 e. The van der Waals surface area contributed by atoms with Gasteiger partial charge in [-0.2, -0.15) is 4.31 Å². The highest BCUT2D eigenvalue weighted by Crippen LogP contribution is 2.29. The third-order valence-electron chi connectivity index (χ3n) is 5.78. The third-order valence-corrected chi connectivity index (χ3v) is 8.81. The van der Waals surface area contributed by atoms with Crippen LogP contribution in [-0.2, 0) is 29.5 Å². The molecule has 1 aliphatic rings. The lowest BCUT2D eigenvalue weighted by molar-refractivity contribution is 0.102. The fourth-order valence-electron chi connectivity index (χ4n) is 3.69. The average Bonchev–Trinajstić information content (AvgIpc) is 3.20. The fraction of sp³-hybridized carbons (Fsp3) is 0.333. The number of hydrogen-bond acceptors (Lipinski definition) is 6. The molecule has 1 amide bonds. The molecule has 4 rings (SSSR count). The Labute approximate surface area is 199 Å². The molecule has 0 atom stereocenters. The van der Waals surface area contributed by atoms with Crippen LogP contribution in [0.15, 0.2) is 59.5 Å². The number of carbonyl (C=O) groups excluding carboxylic acids is 1. The van der Waals surface area contributed by atoms with Crippen molar-refractivity contribution in [1.29, 1.82) is 0 Å². The number of rotatable bonds is 7. The lowest BCUT2D eigenvalue weighted by atomic mass is 10.1. The number of amides is 1. The van der Waals surface area contributed by atoms with E-state index in [0.717, 1.165) is 36.6 Å². The minimum atomic E-state index is -3.67. The van der Waals surface area contributed by atoms with E-state index < -0.39 is 10.0 Å². The molecule has 1 aromatic heterocycles. The zero-order valence-electron chi connectivity index (χ0n) is 19.0. The van der Waals surface area contributed by atoms with Crippen molar-refractivity contribution in [2.75, 3.05) is 18.9 Å². The lowest BCUT2D eigenvalue weighted by Crippen LogP contribution is -2.33. The molecule has 0 aliphatic carbocycles. The van der Waals surface area contributed by atoms with Gasteiger partial charge in [-0.3, -0.25) is 15.0 Å². The fourth-order valence-corrected chi connectivity index (χ4v) is 6.15. The van der Waals surface area contributed by atoms with Crippen LogP contribution >= 0.6 is 11.3 Å². The van der Waals surface area contributed by atoms with Gasteiger partial charge in [-0.05, 0) is 37.6 Å². The van der Waals surface area contributed by atoms with E-state index >= 15 is 0 Å². The van der Waals surface area contributed by atoms with Crippen molar-refractivity contribution < 1.29 is 13.2 Å². The Bertz CT molecular complexity index is 1240. The highest BCUT2D eigenvalue weighted by Gasteiger charge is 2.25. The summed E-state index contributed by atoms with van der Waals surface area (Å²) in [7, 11) is -2.13. The SMILES string of the molecule is CC(C)N(C)S(=O)(=O)c1cccc(C(=O)Nc2nc3c(s2)CN(Cc2ccccc2)CC3)c1. The standard InChI is InChI=1S/C24H28N4O3S2/c1-17(2)27(3)33(30,31)20-11-7-10-19(14-20)23(29)26-24-25-21-12-13-28(16-22(21)32-24)15-18-8-5-4-6-9-18/h4-11,14,17H,12-13,15-16H2,1-3H3,(H,25,26,29). The number of sulfonamides is 1. The van der Waals surface area contributed by atoms with Crippen molar-refractivity contribution in [3.8, 4) is 0 Å². The Hall–Kier alpha value is -2.59. The summed E-state index contributed by atoms with van der Waals surface area (Å²) in [6.45, 7) is 6.21. The van der Waals surface area contributed by atoms with E-state index in [2.05, 4.69) is 27.3 Å². The predicted molar refractivity (Wildman–Crippen MR) is 131 cm³/mol. The molecule has 7 nitrogen and oxygen atoms in total. The molecule has 0 saturated heterocycles. The molecule has 1 N–H and O–H groups in total. The van der Waals surface area contributed by atoms with Gasteiger partial charge in [-0.1, -0.05) is 36.4 Å². The summed E-state index contributed by atoms with van der Waals surface area (Å²) in [6.07, 6.45) is 0.837. The maximum absolute atomic E-state index is 12.9. The molecule has 0 saturated carbocycles. The molecular formula is C24H28N4O3S2. The molecule has 0 unspecified atom stereocenters. The van der Waals surface area contributed by atoms with E-state index in [-0.39, 0.29) is 22.4 Å². The molecule has 33 heavy (non-hydrogen) atoms. The molecule has 2 heterocycles. The first kappa shape index (κ1) is 23.6. The number of nitrogens with one attached hydrogen (secondary N) is 1. The van der Waals surface area contributed by atoms with E-state index in [0.29, 0.717) is 5.13 Å². The van der Waals surface area contributed by atoms with E-state index in [9.17, 15) is 13.2 Å². The van der Waals surface area contributed by atoms with Crippen LogP contribution in [0.2, 0.25) is 0 Å². The first-order chi connectivity index (χ1) is 15.7. The molecule has 0 bridgehead atoms. The Morgan fingerprint density at radius 3 is 2.67 bits per heavy atom. The number of benzene rings is 2. The van der Waals surface area contributed by atoms with Gasteiger partial charge >= 0.3 is 0 Å². The van der Waals surface area contributed by atoms with Gasteiger partial charge in [-0.25, -0.2) is 13.4 Å². The van der Waals surface area contributed by atoms with Crippen molar-refractivity contribution in [3.05, 3.63) is 76.3 Å². The van der Waals surface area contributed by atoms with Crippen molar-refractivity contribution >= 4 is 32.4 Å². The van der Waals surface area contributed by atoms with Crippen LogP contribution < -0.4 is 5.32 Å². The molecule has 9 heteroatoms. The van der Waals surface area contributed by atoms with E-state index in [1.807, 2.05) is 18.2 Å². The first-order valence-corrected chi connectivity index (χ1v) is 13.1. The number of fused-ring (bicyclic) bond motifs is 1. The van der Waals surface area contributed by atoms with Gasteiger partial charge in [0.2, 0.25) is 10.0 Å². The molecule has 0 radical (unpaired) electrons. The van der Waals surface area contributed by atoms with Gasteiger partial charge < -0.3 is 0 Å². The number of anilines is 1. The second-order valence-electron chi connectivity index (χ2n) is 8.43. The lowest BCUT2D eigenvalue weighted by Gasteiger charge is -2.25. The van der Waals surface area contributed by atoms with Gasteiger partial charge in [0.1, 0.15) is 0 Å². The molecule has 2 aromatic carbocycles. The highest BCUT2D eigenvalue weighted by atomic mass is 32.2. The van der Waals surface area contributed by atoms with E-state index in [1.165, 1.54) is 40.4 Å². The number of thiazole rings is 1. The topological polar surface area (TPSA) is 82.6 Å². The largest absolute Gasteiger partial charge is 0.298 e. The van der Waals surface area contributed by atoms with Crippen molar-refractivity contribution in [3.63, 3.8) is 0 Å². The molecule has 174 valence electrons. The number of hydrogen-bond donors (Lipinski definition) is 1. The number of aromatic nitrogens is 1. The summed E-state index contributed by atoms with van der Waals surface area (Å²) in [5.41, 5.74) is 2.58. The monoisotopic (exact) mass is 484 g/mol. The smallest absolute Gasteiger partial charge is 0.257 e. The second kappa shape index (κ2) is 9.72. The number of carbonyl (C=O) groups is 1. The zero-order valence-corrected chi connectivity index (χ0v) is 20.6. The summed E-state index contributed by atoms with van der Waals surface area (Å²) in [4.78, 5) is 21.1. The van der Waals surface area contributed by atoms with E-state index in [1.54, 1.807) is 26.0 Å². The second-order valence-corrected chi connectivity index (χ2v) is 11.5. The predicted octanol–water partition coefficient (Wildman–Crippen LogP) is 3.98. The highest BCUT2D eigenvalue weighted by molar-refractivity contribution is 7.89. The molecular weight excluding hydrogens is 456 g/mol. The quantitative estimate of drug-likeness (QED) is 0.549. The summed E-state index contributed by atoms with van der Waals surface area (Å²) in [6, 6.07) is 16.3. The summed E-state index contributed by atoms with van der Waals surface area (Å²) >= 11 is 1.48. The summed E-state index contributed by atoms with van der Waals surface area (Å²) in [5, 5.41) is 3.39. The van der Waals surface area contributed by atoms with Crippen LogP contribution in [0.5, 0.6) is 0 Å². The van der Waals surface area contributed by atoms with Crippen LogP contribution in [0.4, 0.5) is 5.13 Å². The Morgan fingerprint density at radius 2 is 1.94 bits per heavy atom. The minimum absolute atomic E-state index is 0.0985. The Morgan fingerprint density at radius 1 is 1.18 bits per heavy atom. The van der Waals surface area contributed by atoms with Crippen molar-refractivity contribution in [2.45, 2.75) is 44.3 Å². The van der Waals surface area contributed by atoms with Crippen molar-refractivity contribution in [2.24, 2.45) is 0 Å². The van der Waals surface area contributed by atoms with Crippen LogP contribution in [0.1, 0.15) is 40.3 Å². The molecule has 0 spiro atoms. The van der Waals surface area contributed by atoms with Crippen LogP contribution in [0, 0.1) is 0 Å². The average molecular weight is 485 g/mol. The van der Waals surface area contributed by atoms with Crippen molar-refractivity contribution in [1.82, 2.24) is 14.2 Å².